The maximum atomic E-state index is 13.2. The summed E-state index contributed by atoms with van der Waals surface area (Å²) in [6.07, 6.45) is 3.06. The maximum Gasteiger partial charge on any atom is 0.252 e. The first-order valence-electron chi connectivity index (χ1n) is 11.1. The first-order chi connectivity index (χ1) is 15.7. The second-order valence-electron chi connectivity index (χ2n) is 8.68. The van der Waals surface area contributed by atoms with E-state index in [4.69, 9.17) is 0 Å². The van der Waals surface area contributed by atoms with Crippen LogP contribution in [0.1, 0.15) is 29.5 Å². The van der Waals surface area contributed by atoms with Crippen LogP contribution >= 0.6 is 11.3 Å². The van der Waals surface area contributed by atoms with E-state index in [0.29, 0.717) is 30.7 Å². The van der Waals surface area contributed by atoms with Crippen molar-refractivity contribution >= 4 is 37.5 Å². The van der Waals surface area contributed by atoms with Gasteiger partial charge in [0.15, 0.2) is 4.80 Å². The zero-order chi connectivity index (χ0) is 23.8. The predicted octanol–water partition coefficient (Wildman–Crippen LogP) is 4.34. The van der Waals surface area contributed by atoms with Crippen molar-refractivity contribution < 1.29 is 13.2 Å². The fourth-order valence-corrected chi connectivity index (χ4v) is 6.93. The molecule has 1 saturated heterocycles. The highest BCUT2D eigenvalue weighted by atomic mass is 32.2. The molecule has 1 amide bonds. The van der Waals surface area contributed by atoms with Gasteiger partial charge in [-0.25, -0.2) is 8.42 Å². The first kappa shape index (κ1) is 23.6. The van der Waals surface area contributed by atoms with Gasteiger partial charge in [0.2, 0.25) is 10.0 Å². The molecule has 2 aromatic carbocycles. The highest BCUT2D eigenvalue weighted by Crippen LogP contribution is 2.26. The normalized spacial score (nSPS) is 18.0. The lowest BCUT2D eigenvalue weighted by atomic mass is 9.99. The van der Waals surface area contributed by atoms with Crippen molar-refractivity contribution in [3.05, 3.63) is 70.5 Å². The van der Waals surface area contributed by atoms with Crippen molar-refractivity contribution in [1.82, 2.24) is 8.87 Å². The number of sulfonamides is 1. The zero-order valence-electron chi connectivity index (χ0n) is 19.2. The molecule has 1 unspecified atom stereocenters. The smallest absolute Gasteiger partial charge is 0.252 e. The van der Waals surface area contributed by atoms with Crippen molar-refractivity contribution in [3.63, 3.8) is 0 Å². The third-order valence-corrected chi connectivity index (χ3v) is 9.13. The van der Waals surface area contributed by atoms with E-state index in [1.165, 1.54) is 15.6 Å². The molecule has 1 fully saturated rings. The monoisotopic (exact) mass is 483 g/mol. The van der Waals surface area contributed by atoms with E-state index < -0.39 is 15.9 Å². The molecule has 1 atom stereocenters. The van der Waals surface area contributed by atoms with Crippen LogP contribution in [-0.2, 0) is 21.4 Å². The summed E-state index contributed by atoms with van der Waals surface area (Å²) in [4.78, 5) is 18.6. The van der Waals surface area contributed by atoms with Gasteiger partial charge in [-0.2, -0.15) is 9.30 Å². The predicted molar refractivity (Wildman–Crippen MR) is 133 cm³/mol. The second kappa shape index (κ2) is 9.37. The number of aryl methyl sites for hydroxylation is 3. The molecule has 0 N–H and O–H groups in total. The quantitative estimate of drug-likeness (QED) is 0.507. The van der Waals surface area contributed by atoms with Crippen LogP contribution in [0.2, 0.25) is 0 Å². The molecule has 1 aliphatic rings. The Morgan fingerprint density at radius 1 is 1.18 bits per heavy atom. The van der Waals surface area contributed by atoms with Gasteiger partial charge in [-0.15, -0.1) is 6.58 Å². The van der Waals surface area contributed by atoms with Crippen LogP contribution < -0.4 is 4.80 Å². The maximum absolute atomic E-state index is 13.2. The average molecular weight is 484 g/mol. The van der Waals surface area contributed by atoms with Crippen molar-refractivity contribution in [2.45, 2.75) is 45.1 Å². The number of thiazole rings is 1. The van der Waals surface area contributed by atoms with Gasteiger partial charge in [0.1, 0.15) is 0 Å². The van der Waals surface area contributed by atoms with E-state index in [9.17, 15) is 13.2 Å². The lowest BCUT2D eigenvalue weighted by Gasteiger charge is -2.30. The second-order valence-corrected chi connectivity index (χ2v) is 11.6. The van der Waals surface area contributed by atoms with Crippen LogP contribution in [0.4, 0.5) is 0 Å². The number of rotatable bonds is 5. The molecule has 3 aromatic rings. The minimum absolute atomic E-state index is 0.156. The van der Waals surface area contributed by atoms with Gasteiger partial charge in [-0.3, -0.25) is 4.79 Å². The molecule has 1 aromatic heterocycles. The molecule has 2 heterocycles. The molecule has 33 heavy (non-hydrogen) atoms. The molecule has 0 saturated carbocycles. The standard InChI is InChI=1S/C25H29N3O3S2/c1-5-12-28-22-15-18(3)14-19(4)23(22)32-25(28)26-24(29)20-7-6-13-27(16-20)33(30,31)21-10-8-17(2)9-11-21/h5,8-11,14-15,20H,1,6-7,12-13,16H2,2-4H3. The number of piperidine rings is 1. The van der Waals surface area contributed by atoms with Crippen molar-refractivity contribution in [1.29, 1.82) is 0 Å². The van der Waals surface area contributed by atoms with E-state index in [-0.39, 0.29) is 17.3 Å². The molecule has 0 spiro atoms. The van der Waals surface area contributed by atoms with E-state index in [1.54, 1.807) is 30.3 Å². The summed E-state index contributed by atoms with van der Waals surface area (Å²) in [6.45, 7) is 11.0. The Morgan fingerprint density at radius 2 is 1.91 bits per heavy atom. The average Bonchev–Trinajstić information content (AvgIpc) is 3.12. The van der Waals surface area contributed by atoms with Crippen LogP contribution in [0.3, 0.4) is 0 Å². The highest BCUT2D eigenvalue weighted by molar-refractivity contribution is 7.89. The summed E-state index contributed by atoms with van der Waals surface area (Å²) < 4.78 is 30.8. The van der Waals surface area contributed by atoms with Gasteiger partial charge >= 0.3 is 0 Å². The first-order valence-corrected chi connectivity index (χ1v) is 13.3. The van der Waals surface area contributed by atoms with Crippen molar-refractivity contribution in [3.8, 4) is 0 Å². The van der Waals surface area contributed by atoms with E-state index >= 15 is 0 Å². The number of carbonyl (C=O) groups excluding carboxylic acids is 1. The van der Waals surface area contributed by atoms with Gasteiger partial charge < -0.3 is 4.57 Å². The number of aromatic nitrogens is 1. The molecular formula is C25H29N3O3S2. The lowest BCUT2D eigenvalue weighted by Crippen LogP contribution is -2.42. The third kappa shape index (κ3) is 4.74. The number of hydrogen-bond donors (Lipinski definition) is 0. The largest absolute Gasteiger partial charge is 0.312 e. The van der Waals surface area contributed by atoms with Gasteiger partial charge in [0.05, 0.1) is 21.0 Å². The summed E-state index contributed by atoms with van der Waals surface area (Å²) in [5.41, 5.74) is 4.34. The van der Waals surface area contributed by atoms with Crippen LogP contribution in [0.5, 0.6) is 0 Å². The Balaban J connectivity index is 1.65. The molecule has 8 heteroatoms. The Bertz CT molecular complexity index is 1380. The fraction of sp³-hybridized carbons (Fsp3) is 0.360. The number of carbonyl (C=O) groups is 1. The molecule has 4 rings (SSSR count). The molecule has 0 aliphatic carbocycles. The minimum Gasteiger partial charge on any atom is -0.312 e. The number of fused-ring (bicyclic) bond motifs is 1. The number of benzene rings is 2. The van der Waals surface area contributed by atoms with Crippen LogP contribution in [0.15, 0.2) is 58.9 Å². The lowest BCUT2D eigenvalue weighted by molar-refractivity contribution is -0.122. The van der Waals surface area contributed by atoms with E-state index in [2.05, 4.69) is 37.6 Å². The summed E-state index contributed by atoms with van der Waals surface area (Å²) in [6, 6.07) is 11.1. The fourth-order valence-electron chi connectivity index (χ4n) is 4.31. The molecule has 1 aliphatic heterocycles. The topological polar surface area (TPSA) is 71.7 Å². The Kier molecular flexibility index (Phi) is 6.70. The van der Waals surface area contributed by atoms with Crippen molar-refractivity contribution in [2.24, 2.45) is 10.9 Å². The SMILES string of the molecule is C=CCn1c(=NC(=O)C2CCCN(S(=O)(=O)c3ccc(C)cc3)C2)sc2c(C)cc(C)cc21. The van der Waals surface area contributed by atoms with E-state index in [0.717, 1.165) is 26.9 Å². The highest BCUT2D eigenvalue weighted by Gasteiger charge is 2.33. The summed E-state index contributed by atoms with van der Waals surface area (Å²) in [7, 11) is -3.64. The Morgan fingerprint density at radius 3 is 2.61 bits per heavy atom. The van der Waals surface area contributed by atoms with Gasteiger partial charge in [0.25, 0.3) is 5.91 Å². The van der Waals surface area contributed by atoms with Crippen molar-refractivity contribution in [2.75, 3.05) is 13.1 Å². The summed E-state index contributed by atoms with van der Waals surface area (Å²) in [5, 5.41) is 0. The molecule has 0 bridgehead atoms. The summed E-state index contributed by atoms with van der Waals surface area (Å²) in [5.74, 6) is -0.721. The van der Waals surface area contributed by atoms with E-state index in [1.807, 2.05) is 11.5 Å². The number of nitrogens with zero attached hydrogens (tertiary/aromatic N) is 3. The van der Waals surface area contributed by atoms with Gasteiger partial charge in [-0.05, 0) is 62.9 Å². The van der Waals surface area contributed by atoms with Gasteiger partial charge in [0, 0.05) is 19.6 Å². The Labute approximate surface area is 199 Å². The van der Waals surface area contributed by atoms with Crippen LogP contribution in [0, 0.1) is 26.7 Å². The van der Waals surface area contributed by atoms with Crippen LogP contribution in [0.25, 0.3) is 10.2 Å². The molecule has 0 radical (unpaired) electrons. The zero-order valence-corrected chi connectivity index (χ0v) is 20.9. The third-order valence-electron chi connectivity index (χ3n) is 6.02. The summed E-state index contributed by atoms with van der Waals surface area (Å²) >= 11 is 1.49. The molecular weight excluding hydrogens is 454 g/mol. The van der Waals surface area contributed by atoms with Gasteiger partial charge in [-0.1, -0.05) is 41.2 Å². The Hall–Kier alpha value is -2.55. The number of allylic oxidation sites excluding steroid dienone is 1. The molecule has 174 valence electrons. The van der Waals surface area contributed by atoms with Crippen LogP contribution in [-0.4, -0.2) is 36.3 Å². The molecule has 6 nitrogen and oxygen atoms in total. The number of hydrogen-bond acceptors (Lipinski definition) is 4. The number of amides is 1. The minimum atomic E-state index is -3.64.